The summed E-state index contributed by atoms with van der Waals surface area (Å²) in [5, 5.41) is 4.33. The lowest BCUT2D eigenvalue weighted by atomic mass is 10.00. The summed E-state index contributed by atoms with van der Waals surface area (Å²) in [6, 6.07) is 2.41. The Morgan fingerprint density at radius 3 is 2.33 bits per heavy atom. The summed E-state index contributed by atoms with van der Waals surface area (Å²) in [5.74, 6) is 0. The standard InChI is InChI=1S/C18H31ClN2/c1-3-5-6-7-8-9-10-11-12-18(21-4-2)16-13-14-20-15-17(16)19/h13-15,18,21H,3-12H2,1-2H3. The second-order valence-corrected chi connectivity index (χ2v) is 6.18. The highest BCUT2D eigenvalue weighted by Gasteiger charge is 2.13. The van der Waals surface area contributed by atoms with Gasteiger partial charge in [0.25, 0.3) is 0 Å². The number of nitrogens with zero attached hydrogens (tertiary/aromatic N) is 1. The van der Waals surface area contributed by atoms with E-state index in [4.69, 9.17) is 11.6 Å². The maximum atomic E-state index is 6.26. The number of aromatic nitrogens is 1. The number of hydrogen-bond donors (Lipinski definition) is 1. The molecular weight excluding hydrogens is 280 g/mol. The van der Waals surface area contributed by atoms with Gasteiger partial charge in [0.05, 0.1) is 5.02 Å². The van der Waals surface area contributed by atoms with Crippen molar-refractivity contribution in [3.63, 3.8) is 0 Å². The van der Waals surface area contributed by atoms with Crippen molar-refractivity contribution in [3.05, 3.63) is 29.0 Å². The van der Waals surface area contributed by atoms with E-state index in [1.807, 2.05) is 12.3 Å². The quantitative estimate of drug-likeness (QED) is 0.485. The summed E-state index contributed by atoms with van der Waals surface area (Å²) in [5.41, 5.74) is 1.19. The van der Waals surface area contributed by atoms with Crippen LogP contribution in [-0.2, 0) is 0 Å². The molecule has 1 heterocycles. The first-order chi connectivity index (χ1) is 10.3. The van der Waals surface area contributed by atoms with E-state index in [9.17, 15) is 0 Å². The number of hydrogen-bond acceptors (Lipinski definition) is 2. The highest BCUT2D eigenvalue weighted by atomic mass is 35.5. The van der Waals surface area contributed by atoms with Gasteiger partial charge in [-0.15, -0.1) is 0 Å². The minimum atomic E-state index is 0.366. The molecule has 1 aromatic rings. The summed E-state index contributed by atoms with van der Waals surface area (Å²) in [4.78, 5) is 4.07. The fourth-order valence-electron chi connectivity index (χ4n) is 2.76. The minimum absolute atomic E-state index is 0.366. The highest BCUT2D eigenvalue weighted by molar-refractivity contribution is 6.31. The van der Waals surface area contributed by atoms with E-state index in [-0.39, 0.29) is 0 Å². The van der Waals surface area contributed by atoms with Crippen LogP contribution in [0.3, 0.4) is 0 Å². The van der Waals surface area contributed by atoms with E-state index < -0.39 is 0 Å². The zero-order valence-corrected chi connectivity index (χ0v) is 14.5. The van der Waals surface area contributed by atoms with Gasteiger partial charge in [-0.2, -0.15) is 0 Å². The lowest BCUT2D eigenvalue weighted by Crippen LogP contribution is -2.21. The molecule has 0 radical (unpaired) electrons. The van der Waals surface area contributed by atoms with Crippen molar-refractivity contribution in [1.29, 1.82) is 0 Å². The maximum absolute atomic E-state index is 6.26. The van der Waals surface area contributed by atoms with Crippen LogP contribution in [0.2, 0.25) is 5.02 Å². The fraction of sp³-hybridized carbons (Fsp3) is 0.722. The first-order valence-corrected chi connectivity index (χ1v) is 9.00. The predicted octanol–water partition coefficient (Wildman–Crippen LogP) is 5.92. The number of rotatable bonds is 12. The van der Waals surface area contributed by atoms with Crippen LogP contribution in [0.25, 0.3) is 0 Å². The zero-order chi connectivity index (χ0) is 15.3. The van der Waals surface area contributed by atoms with Crippen molar-refractivity contribution in [2.45, 2.75) is 77.7 Å². The van der Waals surface area contributed by atoms with Crippen LogP contribution in [0.4, 0.5) is 0 Å². The predicted molar refractivity (Wildman–Crippen MR) is 92.9 cm³/mol. The SMILES string of the molecule is CCCCCCCCCCC(NCC)c1ccncc1Cl. The molecule has 120 valence electrons. The van der Waals surface area contributed by atoms with Gasteiger partial charge in [0.2, 0.25) is 0 Å². The molecule has 0 saturated heterocycles. The average Bonchev–Trinajstić information content (AvgIpc) is 2.49. The number of halogens is 1. The van der Waals surface area contributed by atoms with Gasteiger partial charge in [0.1, 0.15) is 0 Å². The molecule has 0 fully saturated rings. The van der Waals surface area contributed by atoms with Crippen molar-refractivity contribution in [3.8, 4) is 0 Å². The third-order valence-corrected chi connectivity index (χ3v) is 4.29. The highest BCUT2D eigenvalue weighted by Crippen LogP contribution is 2.26. The Morgan fingerprint density at radius 2 is 1.71 bits per heavy atom. The normalized spacial score (nSPS) is 12.5. The summed E-state index contributed by atoms with van der Waals surface area (Å²) in [6.07, 6.45) is 15.6. The van der Waals surface area contributed by atoms with E-state index in [2.05, 4.69) is 24.1 Å². The second kappa shape index (κ2) is 12.0. The zero-order valence-electron chi connectivity index (χ0n) is 13.7. The Hall–Kier alpha value is -0.600. The molecule has 1 N–H and O–H groups in total. The van der Waals surface area contributed by atoms with Gasteiger partial charge in [-0.1, -0.05) is 76.8 Å². The van der Waals surface area contributed by atoms with Gasteiger partial charge >= 0.3 is 0 Å². The molecule has 0 spiro atoms. The van der Waals surface area contributed by atoms with E-state index >= 15 is 0 Å². The Balaban J connectivity index is 2.25. The molecule has 2 nitrogen and oxygen atoms in total. The minimum Gasteiger partial charge on any atom is -0.310 e. The average molecular weight is 311 g/mol. The van der Waals surface area contributed by atoms with Crippen molar-refractivity contribution >= 4 is 11.6 Å². The number of nitrogens with one attached hydrogen (secondary N) is 1. The molecule has 1 rings (SSSR count). The van der Waals surface area contributed by atoms with Crippen molar-refractivity contribution in [2.75, 3.05) is 6.54 Å². The summed E-state index contributed by atoms with van der Waals surface area (Å²) in [6.45, 7) is 5.39. The molecular formula is C18H31ClN2. The third-order valence-electron chi connectivity index (χ3n) is 3.98. The molecule has 0 aliphatic rings. The van der Waals surface area contributed by atoms with Gasteiger partial charge in [0, 0.05) is 18.4 Å². The molecule has 0 saturated carbocycles. The molecule has 1 aromatic heterocycles. The first-order valence-electron chi connectivity index (χ1n) is 8.62. The van der Waals surface area contributed by atoms with E-state index in [0.29, 0.717) is 6.04 Å². The Bertz CT molecular complexity index is 368. The van der Waals surface area contributed by atoms with Gasteiger partial charge in [-0.05, 0) is 24.6 Å². The molecule has 1 atom stereocenters. The first kappa shape index (κ1) is 18.4. The second-order valence-electron chi connectivity index (χ2n) is 5.77. The van der Waals surface area contributed by atoms with E-state index in [1.165, 1.54) is 56.9 Å². The maximum Gasteiger partial charge on any atom is 0.0637 e. The third kappa shape index (κ3) is 7.82. The van der Waals surface area contributed by atoms with Crippen LogP contribution >= 0.6 is 11.6 Å². The summed E-state index contributed by atoms with van der Waals surface area (Å²) in [7, 11) is 0. The molecule has 3 heteroatoms. The molecule has 0 aromatic carbocycles. The van der Waals surface area contributed by atoms with Crippen LogP contribution in [-0.4, -0.2) is 11.5 Å². The fourth-order valence-corrected chi connectivity index (χ4v) is 3.02. The van der Waals surface area contributed by atoms with Crippen molar-refractivity contribution in [2.24, 2.45) is 0 Å². The molecule has 0 amide bonds. The Morgan fingerprint density at radius 1 is 1.05 bits per heavy atom. The van der Waals surface area contributed by atoms with Crippen LogP contribution in [0.1, 0.15) is 83.2 Å². The Labute approximate surface area is 135 Å². The van der Waals surface area contributed by atoms with Gasteiger partial charge < -0.3 is 5.32 Å². The van der Waals surface area contributed by atoms with Crippen LogP contribution in [0.5, 0.6) is 0 Å². The molecule has 0 bridgehead atoms. The Kier molecular flexibility index (Phi) is 10.5. The molecule has 1 unspecified atom stereocenters. The van der Waals surface area contributed by atoms with Gasteiger partial charge in [0.15, 0.2) is 0 Å². The summed E-state index contributed by atoms with van der Waals surface area (Å²) < 4.78 is 0. The molecule has 0 aliphatic heterocycles. The monoisotopic (exact) mass is 310 g/mol. The lowest BCUT2D eigenvalue weighted by molar-refractivity contribution is 0.475. The smallest absolute Gasteiger partial charge is 0.0637 e. The van der Waals surface area contributed by atoms with Gasteiger partial charge in [-0.3, -0.25) is 4.98 Å². The molecule has 21 heavy (non-hydrogen) atoms. The summed E-state index contributed by atoms with van der Waals surface area (Å²) >= 11 is 6.26. The topological polar surface area (TPSA) is 24.9 Å². The van der Waals surface area contributed by atoms with E-state index in [0.717, 1.165) is 18.0 Å². The molecule has 0 aliphatic carbocycles. The van der Waals surface area contributed by atoms with Crippen molar-refractivity contribution < 1.29 is 0 Å². The van der Waals surface area contributed by atoms with Crippen LogP contribution in [0, 0.1) is 0 Å². The van der Waals surface area contributed by atoms with Crippen molar-refractivity contribution in [1.82, 2.24) is 10.3 Å². The van der Waals surface area contributed by atoms with E-state index in [1.54, 1.807) is 6.20 Å². The number of pyridine rings is 1. The number of unbranched alkanes of at least 4 members (excludes halogenated alkanes) is 7. The lowest BCUT2D eigenvalue weighted by Gasteiger charge is -2.19. The van der Waals surface area contributed by atoms with Crippen LogP contribution < -0.4 is 5.32 Å². The van der Waals surface area contributed by atoms with Crippen LogP contribution in [0.15, 0.2) is 18.5 Å². The largest absolute Gasteiger partial charge is 0.310 e. The van der Waals surface area contributed by atoms with Gasteiger partial charge in [-0.25, -0.2) is 0 Å².